The van der Waals surface area contributed by atoms with Gasteiger partial charge in [-0.3, -0.25) is 4.79 Å². The summed E-state index contributed by atoms with van der Waals surface area (Å²) in [6, 6.07) is 7.26. The zero-order chi connectivity index (χ0) is 19.6. The average molecular weight is 390 g/mol. The number of carbonyl (C=O) groups excluding carboxylic acids is 1. The van der Waals surface area contributed by atoms with E-state index in [-0.39, 0.29) is 10.8 Å². The number of carbonyl (C=O) groups is 1. The van der Waals surface area contributed by atoms with Gasteiger partial charge in [0.15, 0.2) is 0 Å². The van der Waals surface area contributed by atoms with Crippen LogP contribution in [0.15, 0.2) is 35.4 Å². The van der Waals surface area contributed by atoms with Crippen LogP contribution in [0.1, 0.15) is 47.3 Å². The van der Waals surface area contributed by atoms with Crippen molar-refractivity contribution >= 4 is 21.6 Å². The first-order valence-electron chi connectivity index (χ1n) is 9.34. The maximum Gasteiger partial charge on any atom is 0.272 e. The summed E-state index contributed by atoms with van der Waals surface area (Å²) in [5.41, 5.74) is 3.14. The fraction of sp³-hybridized carbons (Fsp3) is 0.450. The number of benzene rings is 1. The SMILES string of the molecule is Cc1ccc(NC(=O)c2cc(S(=O)(=O)N3CCCCCC3)cn2C)c(C)c1. The smallest absolute Gasteiger partial charge is 0.272 e. The molecule has 1 amide bonds. The van der Waals surface area contributed by atoms with E-state index in [0.29, 0.717) is 18.8 Å². The molecule has 1 fully saturated rings. The van der Waals surface area contributed by atoms with Gasteiger partial charge in [0.1, 0.15) is 10.6 Å². The van der Waals surface area contributed by atoms with Crippen molar-refractivity contribution in [2.45, 2.75) is 44.4 Å². The highest BCUT2D eigenvalue weighted by molar-refractivity contribution is 7.89. The maximum absolute atomic E-state index is 13.0. The Morgan fingerprint density at radius 1 is 1.04 bits per heavy atom. The van der Waals surface area contributed by atoms with Gasteiger partial charge in [-0.25, -0.2) is 8.42 Å². The van der Waals surface area contributed by atoms with E-state index in [1.165, 1.54) is 12.3 Å². The quantitative estimate of drug-likeness (QED) is 0.870. The summed E-state index contributed by atoms with van der Waals surface area (Å²) in [6.07, 6.45) is 5.41. The van der Waals surface area contributed by atoms with Crippen LogP contribution in [0.5, 0.6) is 0 Å². The Morgan fingerprint density at radius 2 is 1.70 bits per heavy atom. The molecule has 0 bridgehead atoms. The van der Waals surface area contributed by atoms with Crippen LogP contribution in [0, 0.1) is 13.8 Å². The van der Waals surface area contributed by atoms with Crippen molar-refractivity contribution < 1.29 is 13.2 Å². The number of amides is 1. The van der Waals surface area contributed by atoms with Crippen molar-refractivity contribution in [3.63, 3.8) is 0 Å². The van der Waals surface area contributed by atoms with Crippen LogP contribution in [0.25, 0.3) is 0 Å². The average Bonchev–Trinajstić information content (AvgIpc) is 2.82. The highest BCUT2D eigenvalue weighted by Gasteiger charge is 2.28. The predicted octanol–water partition coefficient (Wildman–Crippen LogP) is 3.46. The molecule has 6 nitrogen and oxygen atoms in total. The third-order valence-electron chi connectivity index (χ3n) is 5.05. The lowest BCUT2D eigenvalue weighted by Crippen LogP contribution is -2.31. The topological polar surface area (TPSA) is 71.4 Å². The van der Waals surface area contributed by atoms with Gasteiger partial charge in [0.2, 0.25) is 10.0 Å². The molecule has 3 rings (SSSR count). The van der Waals surface area contributed by atoms with Crippen LogP contribution >= 0.6 is 0 Å². The Morgan fingerprint density at radius 3 is 2.33 bits per heavy atom. The molecule has 27 heavy (non-hydrogen) atoms. The minimum Gasteiger partial charge on any atom is -0.345 e. The van der Waals surface area contributed by atoms with Crippen LogP contribution < -0.4 is 5.32 Å². The van der Waals surface area contributed by atoms with E-state index in [2.05, 4.69) is 5.32 Å². The standard InChI is InChI=1S/C20H27N3O3S/c1-15-8-9-18(16(2)12-15)21-20(24)19-13-17(14-22(19)3)27(25,26)23-10-6-4-5-7-11-23/h8-9,12-14H,4-7,10-11H2,1-3H3,(H,21,24). The first kappa shape index (κ1) is 19.6. The second kappa shape index (κ2) is 7.86. The lowest BCUT2D eigenvalue weighted by molar-refractivity contribution is 0.101. The van der Waals surface area contributed by atoms with Crippen molar-refractivity contribution in [3.8, 4) is 0 Å². The number of rotatable bonds is 4. The summed E-state index contributed by atoms with van der Waals surface area (Å²) in [5, 5.41) is 2.88. The van der Waals surface area contributed by atoms with Crippen molar-refractivity contribution in [1.82, 2.24) is 8.87 Å². The van der Waals surface area contributed by atoms with Crippen molar-refractivity contribution in [3.05, 3.63) is 47.3 Å². The van der Waals surface area contributed by atoms with Crippen LogP contribution in [-0.2, 0) is 17.1 Å². The first-order valence-corrected chi connectivity index (χ1v) is 10.8. The van der Waals surface area contributed by atoms with Gasteiger partial charge in [-0.2, -0.15) is 4.31 Å². The van der Waals surface area contributed by atoms with Crippen LogP contribution in [0.3, 0.4) is 0 Å². The number of nitrogens with zero attached hydrogens (tertiary/aromatic N) is 2. The van der Waals surface area contributed by atoms with Gasteiger partial charge in [-0.1, -0.05) is 30.5 Å². The Kier molecular flexibility index (Phi) is 5.72. The molecule has 146 valence electrons. The molecule has 2 aromatic rings. The number of nitrogens with one attached hydrogen (secondary N) is 1. The number of sulfonamides is 1. The molecule has 0 unspecified atom stereocenters. The summed E-state index contributed by atoms with van der Waals surface area (Å²) in [7, 11) is -1.88. The van der Waals surface area contributed by atoms with Gasteiger partial charge in [0, 0.05) is 32.0 Å². The van der Waals surface area contributed by atoms with Gasteiger partial charge in [0.25, 0.3) is 5.91 Å². The van der Waals surface area contributed by atoms with E-state index in [0.717, 1.165) is 42.5 Å². The molecule has 0 atom stereocenters. The van der Waals surface area contributed by atoms with E-state index in [4.69, 9.17) is 0 Å². The van der Waals surface area contributed by atoms with Crippen LogP contribution in [-0.4, -0.2) is 36.3 Å². The molecule has 0 spiro atoms. The second-order valence-corrected chi connectivity index (χ2v) is 9.20. The summed E-state index contributed by atoms with van der Waals surface area (Å²) in [5.74, 6) is -0.318. The zero-order valence-corrected chi connectivity index (χ0v) is 17.0. The molecule has 2 heterocycles. The summed E-state index contributed by atoms with van der Waals surface area (Å²) < 4.78 is 29.0. The minimum absolute atomic E-state index is 0.178. The van der Waals surface area contributed by atoms with Crippen molar-refractivity contribution in [2.24, 2.45) is 7.05 Å². The van der Waals surface area contributed by atoms with E-state index in [9.17, 15) is 13.2 Å². The Hall–Kier alpha value is -2.12. The molecule has 1 aromatic heterocycles. The van der Waals surface area contributed by atoms with Gasteiger partial charge in [-0.05, 0) is 44.4 Å². The highest BCUT2D eigenvalue weighted by Crippen LogP contribution is 2.23. The maximum atomic E-state index is 13.0. The molecular weight excluding hydrogens is 362 g/mol. The molecule has 1 aliphatic heterocycles. The first-order chi connectivity index (χ1) is 12.8. The number of aryl methyl sites for hydroxylation is 3. The minimum atomic E-state index is -3.57. The van der Waals surface area contributed by atoms with Gasteiger partial charge >= 0.3 is 0 Å². The molecule has 0 radical (unpaired) electrons. The van der Waals surface area contributed by atoms with Crippen molar-refractivity contribution in [2.75, 3.05) is 18.4 Å². The highest BCUT2D eigenvalue weighted by atomic mass is 32.2. The number of hydrogen-bond donors (Lipinski definition) is 1. The Bertz CT molecular complexity index is 939. The molecule has 1 saturated heterocycles. The fourth-order valence-corrected chi connectivity index (χ4v) is 5.06. The van der Waals surface area contributed by atoms with E-state index in [1.54, 1.807) is 15.9 Å². The fourth-order valence-electron chi connectivity index (χ4n) is 3.47. The molecule has 1 aliphatic rings. The van der Waals surface area contributed by atoms with E-state index >= 15 is 0 Å². The molecule has 1 N–H and O–H groups in total. The number of aromatic nitrogens is 1. The lowest BCUT2D eigenvalue weighted by atomic mass is 10.1. The Labute approximate surface area is 161 Å². The van der Waals surface area contributed by atoms with Crippen LogP contribution in [0.4, 0.5) is 5.69 Å². The Balaban J connectivity index is 1.84. The largest absolute Gasteiger partial charge is 0.345 e. The van der Waals surface area contributed by atoms with Crippen molar-refractivity contribution in [1.29, 1.82) is 0 Å². The molecule has 1 aromatic carbocycles. The number of hydrogen-bond acceptors (Lipinski definition) is 3. The second-order valence-electron chi connectivity index (χ2n) is 7.26. The molecule has 0 saturated carbocycles. The van der Waals surface area contributed by atoms with Gasteiger partial charge < -0.3 is 9.88 Å². The predicted molar refractivity (Wildman–Crippen MR) is 107 cm³/mol. The molecule has 7 heteroatoms. The van der Waals surface area contributed by atoms with E-state index in [1.807, 2.05) is 32.0 Å². The monoisotopic (exact) mass is 389 g/mol. The third-order valence-corrected chi connectivity index (χ3v) is 6.91. The van der Waals surface area contributed by atoms with Gasteiger partial charge in [-0.15, -0.1) is 0 Å². The third kappa shape index (κ3) is 4.25. The van der Waals surface area contributed by atoms with E-state index < -0.39 is 10.0 Å². The molecule has 0 aliphatic carbocycles. The van der Waals surface area contributed by atoms with Gasteiger partial charge in [0.05, 0.1) is 0 Å². The summed E-state index contributed by atoms with van der Waals surface area (Å²) in [6.45, 7) is 5.02. The lowest BCUT2D eigenvalue weighted by Gasteiger charge is -2.18. The molecular formula is C20H27N3O3S. The zero-order valence-electron chi connectivity index (χ0n) is 16.2. The summed E-state index contributed by atoms with van der Waals surface area (Å²) in [4.78, 5) is 12.9. The van der Waals surface area contributed by atoms with Crippen LogP contribution in [0.2, 0.25) is 0 Å². The number of anilines is 1. The summed E-state index contributed by atoms with van der Waals surface area (Å²) >= 11 is 0. The normalized spacial score (nSPS) is 16.1.